The van der Waals surface area contributed by atoms with Crippen molar-refractivity contribution in [2.45, 2.75) is 70.6 Å². The van der Waals surface area contributed by atoms with Crippen molar-refractivity contribution in [2.24, 2.45) is 11.7 Å². The monoisotopic (exact) mass is 307 g/mol. The predicted octanol–water partition coefficient (Wildman–Crippen LogP) is 2.78. The van der Waals surface area contributed by atoms with Crippen LogP contribution in [0.1, 0.15) is 59.8 Å². The number of carboxylic acids is 2. The maximum atomic E-state index is 9.90. The van der Waals surface area contributed by atoms with Gasteiger partial charge in [-0.2, -0.15) is 12.6 Å². The van der Waals surface area contributed by atoms with Crippen LogP contribution in [0.2, 0.25) is 0 Å². The van der Waals surface area contributed by atoms with Crippen LogP contribution in [-0.4, -0.2) is 32.9 Å². The largest absolute Gasteiger partial charge is 0.481 e. The third-order valence-electron chi connectivity index (χ3n) is 3.77. The number of carboxylic acid groups (broad SMARTS) is 2. The zero-order chi connectivity index (χ0) is 16.3. The maximum absolute atomic E-state index is 9.90. The van der Waals surface area contributed by atoms with Crippen molar-refractivity contribution in [3.05, 3.63) is 0 Å². The molecule has 20 heavy (non-hydrogen) atoms. The molecule has 0 aliphatic heterocycles. The van der Waals surface area contributed by atoms with E-state index in [1.54, 1.807) is 0 Å². The van der Waals surface area contributed by atoms with E-state index in [0.29, 0.717) is 5.92 Å². The molecule has 1 unspecified atom stereocenters. The van der Waals surface area contributed by atoms with Crippen LogP contribution in [0.5, 0.6) is 0 Å². The van der Waals surface area contributed by atoms with Gasteiger partial charge in [-0.15, -0.1) is 0 Å². The molecule has 0 amide bonds. The minimum Gasteiger partial charge on any atom is -0.481 e. The first-order valence-corrected chi connectivity index (χ1v) is 7.61. The minimum atomic E-state index is -1.21. The fourth-order valence-corrected chi connectivity index (χ4v) is 2.34. The summed E-state index contributed by atoms with van der Waals surface area (Å²) >= 11 is 3.48. The molecule has 120 valence electrons. The first kappa shape index (κ1) is 21.5. The molecule has 0 aromatic heterocycles. The Hall–Kier alpha value is -0.750. The van der Waals surface area contributed by atoms with Gasteiger partial charge in [-0.25, -0.2) is 0 Å². The number of thiol groups is 1. The maximum Gasteiger partial charge on any atom is 0.316 e. The van der Waals surface area contributed by atoms with E-state index in [9.17, 15) is 9.59 Å². The standard InChI is InChI=1S/C10H23N.C4H6O4S/c1-5-9(6-2)10(11,7-3)8-4;5-3(6)1-2(9)4(7)8/h9H,5-8,11H2,1-4H3;2,9H,1H2,(H,5,6)(H,7,8). The lowest BCUT2D eigenvalue weighted by atomic mass is 9.77. The number of carbonyl (C=O) groups is 2. The summed E-state index contributed by atoms with van der Waals surface area (Å²) < 4.78 is 0. The molecule has 0 radical (unpaired) electrons. The zero-order valence-corrected chi connectivity index (χ0v) is 13.8. The average molecular weight is 307 g/mol. The summed E-state index contributed by atoms with van der Waals surface area (Å²) in [6, 6.07) is 0. The highest BCUT2D eigenvalue weighted by atomic mass is 32.1. The molecule has 5 nitrogen and oxygen atoms in total. The molecule has 0 aromatic rings. The van der Waals surface area contributed by atoms with Crippen LogP contribution in [0.3, 0.4) is 0 Å². The molecule has 0 saturated heterocycles. The minimum absolute atomic E-state index is 0.101. The van der Waals surface area contributed by atoms with E-state index in [0.717, 1.165) is 12.8 Å². The summed E-state index contributed by atoms with van der Waals surface area (Å²) in [5.74, 6) is -1.66. The van der Waals surface area contributed by atoms with Crippen LogP contribution in [0, 0.1) is 5.92 Å². The van der Waals surface area contributed by atoms with Crippen molar-refractivity contribution < 1.29 is 19.8 Å². The number of aliphatic carboxylic acids is 2. The predicted molar refractivity (Wildman–Crippen MR) is 84.2 cm³/mol. The van der Waals surface area contributed by atoms with Crippen LogP contribution in [0.4, 0.5) is 0 Å². The number of nitrogens with two attached hydrogens (primary N) is 1. The fraction of sp³-hybridized carbons (Fsp3) is 0.857. The van der Waals surface area contributed by atoms with Crippen LogP contribution in [-0.2, 0) is 9.59 Å². The van der Waals surface area contributed by atoms with Crippen molar-refractivity contribution in [1.82, 2.24) is 0 Å². The second-order valence-electron chi connectivity index (χ2n) is 4.91. The molecule has 0 aliphatic carbocycles. The van der Waals surface area contributed by atoms with Gasteiger partial charge in [0, 0.05) is 5.54 Å². The molecular formula is C14H29NO4S. The molecule has 0 bridgehead atoms. The zero-order valence-electron chi connectivity index (χ0n) is 12.9. The topological polar surface area (TPSA) is 101 Å². The van der Waals surface area contributed by atoms with E-state index < -0.39 is 23.6 Å². The van der Waals surface area contributed by atoms with Crippen LogP contribution < -0.4 is 5.73 Å². The molecule has 0 fully saturated rings. The molecule has 6 heteroatoms. The third kappa shape index (κ3) is 8.43. The Bertz CT molecular complexity index is 289. The first-order chi connectivity index (χ1) is 9.18. The lowest BCUT2D eigenvalue weighted by Crippen LogP contribution is -2.45. The lowest BCUT2D eigenvalue weighted by Gasteiger charge is -2.35. The van der Waals surface area contributed by atoms with Gasteiger partial charge >= 0.3 is 11.9 Å². The fourth-order valence-electron chi connectivity index (χ4n) is 2.18. The normalized spacial score (nSPS) is 12.6. The summed E-state index contributed by atoms with van der Waals surface area (Å²) in [5.41, 5.74) is 6.36. The van der Waals surface area contributed by atoms with Crippen LogP contribution in [0.25, 0.3) is 0 Å². The van der Waals surface area contributed by atoms with Gasteiger partial charge < -0.3 is 15.9 Å². The van der Waals surface area contributed by atoms with Gasteiger partial charge in [0.15, 0.2) is 0 Å². The molecular weight excluding hydrogens is 278 g/mol. The van der Waals surface area contributed by atoms with Crippen molar-refractivity contribution >= 4 is 24.6 Å². The second-order valence-corrected chi connectivity index (χ2v) is 5.53. The van der Waals surface area contributed by atoms with Gasteiger partial charge in [0.1, 0.15) is 5.25 Å². The highest BCUT2D eigenvalue weighted by Gasteiger charge is 2.28. The highest BCUT2D eigenvalue weighted by Crippen LogP contribution is 2.27. The summed E-state index contributed by atoms with van der Waals surface area (Å²) in [6.07, 6.45) is 4.20. The van der Waals surface area contributed by atoms with Crippen molar-refractivity contribution in [3.8, 4) is 0 Å². The van der Waals surface area contributed by atoms with E-state index in [4.69, 9.17) is 15.9 Å². The van der Waals surface area contributed by atoms with E-state index in [1.165, 1.54) is 12.8 Å². The van der Waals surface area contributed by atoms with Gasteiger partial charge in [0.05, 0.1) is 6.42 Å². The average Bonchev–Trinajstić information content (AvgIpc) is 2.39. The molecule has 0 saturated carbocycles. The number of hydrogen-bond acceptors (Lipinski definition) is 4. The second kappa shape index (κ2) is 11.0. The summed E-state index contributed by atoms with van der Waals surface area (Å²) in [5, 5.41) is 15.0. The Balaban J connectivity index is 0. The van der Waals surface area contributed by atoms with E-state index in [1.807, 2.05) is 0 Å². The van der Waals surface area contributed by atoms with Crippen molar-refractivity contribution in [2.75, 3.05) is 0 Å². The van der Waals surface area contributed by atoms with Crippen LogP contribution in [0.15, 0.2) is 0 Å². The Morgan fingerprint density at radius 1 is 1.10 bits per heavy atom. The molecule has 4 N–H and O–H groups in total. The highest BCUT2D eigenvalue weighted by molar-refractivity contribution is 7.81. The van der Waals surface area contributed by atoms with Crippen molar-refractivity contribution in [3.63, 3.8) is 0 Å². The summed E-state index contributed by atoms with van der Waals surface area (Å²) in [7, 11) is 0. The molecule has 0 spiro atoms. The quantitative estimate of drug-likeness (QED) is 0.517. The van der Waals surface area contributed by atoms with Crippen LogP contribution >= 0.6 is 12.6 Å². The molecule has 0 heterocycles. The van der Waals surface area contributed by atoms with Gasteiger partial charge in [-0.3, -0.25) is 9.59 Å². The molecule has 0 aliphatic rings. The third-order valence-corrected chi connectivity index (χ3v) is 4.17. The Kier molecular flexibility index (Phi) is 11.8. The summed E-state index contributed by atoms with van der Waals surface area (Å²) in [4.78, 5) is 19.7. The number of rotatable bonds is 8. The number of hydrogen-bond donors (Lipinski definition) is 4. The van der Waals surface area contributed by atoms with E-state index in [2.05, 4.69) is 40.3 Å². The Morgan fingerprint density at radius 2 is 1.50 bits per heavy atom. The van der Waals surface area contributed by atoms with Gasteiger partial charge in [0.25, 0.3) is 0 Å². The van der Waals surface area contributed by atoms with Gasteiger partial charge in [0.2, 0.25) is 0 Å². The Labute approximate surface area is 127 Å². The Morgan fingerprint density at radius 3 is 1.60 bits per heavy atom. The summed E-state index contributed by atoms with van der Waals surface area (Å²) in [6.45, 7) is 8.87. The SMILES string of the molecule is CCC(CC)C(N)(CC)CC.O=C(O)CC(S)C(=O)O. The smallest absolute Gasteiger partial charge is 0.316 e. The first-order valence-electron chi connectivity index (χ1n) is 7.09. The molecule has 0 rings (SSSR count). The lowest BCUT2D eigenvalue weighted by molar-refractivity contribution is -0.142. The molecule has 1 atom stereocenters. The molecule has 0 aromatic carbocycles. The van der Waals surface area contributed by atoms with Crippen molar-refractivity contribution in [1.29, 1.82) is 0 Å². The van der Waals surface area contributed by atoms with E-state index in [-0.39, 0.29) is 5.54 Å². The van der Waals surface area contributed by atoms with Gasteiger partial charge in [-0.1, -0.05) is 40.5 Å². The van der Waals surface area contributed by atoms with E-state index >= 15 is 0 Å². The van der Waals surface area contributed by atoms with Gasteiger partial charge in [-0.05, 0) is 18.8 Å².